The molecule has 1 aliphatic carbocycles. The molecule has 0 heterocycles. The van der Waals surface area contributed by atoms with Crippen LogP contribution in [0.4, 0.5) is 0 Å². The van der Waals surface area contributed by atoms with Crippen LogP contribution in [0.2, 0.25) is 0 Å². The van der Waals surface area contributed by atoms with Gasteiger partial charge in [-0.3, -0.25) is 0 Å². The van der Waals surface area contributed by atoms with Crippen LogP contribution in [-0.2, 0) is 0 Å². The van der Waals surface area contributed by atoms with E-state index < -0.39 is 0 Å². The van der Waals surface area contributed by atoms with Gasteiger partial charge in [0.05, 0.1) is 12.2 Å². The smallest absolute Gasteiger partial charge is 0.126 e. The maximum Gasteiger partial charge on any atom is 0.126 e. The lowest BCUT2D eigenvalue weighted by Gasteiger charge is -2.14. The summed E-state index contributed by atoms with van der Waals surface area (Å²) in [5.41, 5.74) is 1.16. The van der Waals surface area contributed by atoms with Crippen molar-refractivity contribution < 1.29 is 9.47 Å². The predicted molar refractivity (Wildman–Crippen MR) is 60.6 cm³/mol. The summed E-state index contributed by atoms with van der Waals surface area (Å²) in [5.74, 6) is 1.86. The molecule has 1 aromatic carbocycles. The molecule has 2 nitrogen and oxygen atoms in total. The SMILES string of the molecule is Cc1ccc(OC2CC2)cc1OC(C)C. The monoisotopic (exact) mass is 206 g/mol. The van der Waals surface area contributed by atoms with E-state index in [-0.39, 0.29) is 6.10 Å². The van der Waals surface area contributed by atoms with Gasteiger partial charge in [0.1, 0.15) is 11.5 Å². The maximum atomic E-state index is 5.72. The van der Waals surface area contributed by atoms with E-state index in [0.717, 1.165) is 17.1 Å². The highest BCUT2D eigenvalue weighted by atomic mass is 16.5. The van der Waals surface area contributed by atoms with Crippen LogP contribution in [-0.4, -0.2) is 12.2 Å². The molecule has 15 heavy (non-hydrogen) atoms. The largest absolute Gasteiger partial charge is 0.491 e. The van der Waals surface area contributed by atoms with Crippen molar-refractivity contribution in [2.24, 2.45) is 0 Å². The van der Waals surface area contributed by atoms with Crippen molar-refractivity contribution in [1.29, 1.82) is 0 Å². The minimum atomic E-state index is 0.208. The third-order valence-corrected chi connectivity index (χ3v) is 2.35. The third-order valence-electron chi connectivity index (χ3n) is 2.35. The van der Waals surface area contributed by atoms with E-state index in [1.807, 2.05) is 26.0 Å². The lowest BCUT2D eigenvalue weighted by atomic mass is 10.2. The van der Waals surface area contributed by atoms with Crippen molar-refractivity contribution >= 4 is 0 Å². The van der Waals surface area contributed by atoms with Gasteiger partial charge in [0, 0.05) is 6.07 Å². The Hall–Kier alpha value is -1.18. The lowest BCUT2D eigenvalue weighted by molar-refractivity contribution is 0.237. The molecular formula is C13H18O2. The second-order valence-electron chi connectivity index (χ2n) is 4.41. The summed E-state index contributed by atoms with van der Waals surface area (Å²) in [5, 5.41) is 0. The number of benzene rings is 1. The Kier molecular flexibility index (Phi) is 2.85. The number of hydrogen-bond donors (Lipinski definition) is 0. The van der Waals surface area contributed by atoms with E-state index >= 15 is 0 Å². The maximum absolute atomic E-state index is 5.72. The van der Waals surface area contributed by atoms with E-state index in [1.54, 1.807) is 0 Å². The fourth-order valence-electron chi connectivity index (χ4n) is 1.41. The Morgan fingerprint density at radius 1 is 1.27 bits per heavy atom. The molecule has 1 saturated carbocycles. The molecule has 1 aliphatic rings. The number of ether oxygens (including phenoxy) is 2. The van der Waals surface area contributed by atoms with Crippen molar-refractivity contribution in [2.75, 3.05) is 0 Å². The molecule has 1 fully saturated rings. The first-order valence-electron chi connectivity index (χ1n) is 5.59. The Labute approximate surface area is 91.2 Å². The summed E-state index contributed by atoms with van der Waals surface area (Å²) < 4.78 is 11.4. The van der Waals surface area contributed by atoms with E-state index in [9.17, 15) is 0 Å². The van der Waals surface area contributed by atoms with Gasteiger partial charge in [-0.25, -0.2) is 0 Å². The molecule has 0 saturated heterocycles. The Balaban J connectivity index is 2.11. The highest BCUT2D eigenvalue weighted by Gasteiger charge is 2.23. The molecule has 0 radical (unpaired) electrons. The molecule has 0 bridgehead atoms. The predicted octanol–water partition coefficient (Wildman–Crippen LogP) is 3.32. The summed E-state index contributed by atoms with van der Waals surface area (Å²) in [7, 11) is 0. The van der Waals surface area contributed by atoms with Crippen LogP contribution < -0.4 is 9.47 Å². The van der Waals surface area contributed by atoms with Gasteiger partial charge in [-0.1, -0.05) is 6.07 Å². The molecule has 0 atom stereocenters. The van der Waals surface area contributed by atoms with Gasteiger partial charge >= 0.3 is 0 Å². The summed E-state index contributed by atoms with van der Waals surface area (Å²) >= 11 is 0. The average molecular weight is 206 g/mol. The summed E-state index contributed by atoms with van der Waals surface area (Å²) in [6.45, 7) is 6.13. The first kappa shape index (κ1) is 10.3. The van der Waals surface area contributed by atoms with Crippen molar-refractivity contribution in [2.45, 2.75) is 45.8 Å². The topological polar surface area (TPSA) is 18.5 Å². The van der Waals surface area contributed by atoms with E-state index in [2.05, 4.69) is 13.0 Å². The minimum absolute atomic E-state index is 0.208. The van der Waals surface area contributed by atoms with Gasteiger partial charge in [0.15, 0.2) is 0 Å². The molecule has 0 aromatic heterocycles. The third kappa shape index (κ3) is 2.88. The molecule has 2 rings (SSSR count). The molecule has 2 heteroatoms. The van der Waals surface area contributed by atoms with Crippen molar-refractivity contribution in [3.63, 3.8) is 0 Å². The molecule has 0 aliphatic heterocycles. The second kappa shape index (κ2) is 4.13. The van der Waals surface area contributed by atoms with Crippen molar-refractivity contribution in [1.82, 2.24) is 0 Å². The van der Waals surface area contributed by atoms with Crippen molar-refractivity contribution in [3.05, 3.63) is 23.8 Å². The normalized spacial score (nSPS) is 15.5. The standard InChI is InChI=1S/C13H18O2/c1-9(2)14-13-8-12(5-4-10(13)3)15-11-6-7-11/h4-5,8-9,11H,6-7H2,1-3H3. The first-order valence-corrected chi connectivity index (χ1v) is 5.59. The van der Waals surface area contributed by atoms with Gasteiger partial charge in [-0.15, -0.1) is 0 Å². The van der Waals surface area contributed by atoms with E-state index in [0.29, 0.717) is 6.10 Å². The molecular weight excluding hydrogens is 188 g/mol. The fraction of sp³-hybridized carbons (Fsp3) is 0.538. The van der Waals surface area contributed by atoms with Crippen LogP contribution in [0.1, 0.15) is 32.3 Å². The first-order chi connectivity index (χ1) is 7.15. The van der Waals surface area contributed by atoms with Gasteiger partial charge in [0.2, 0.25) is 0 Å². The van der Waals surface area contributed by atoms with Gasteiger partial charge in [-0.2, -0.15) is 0 Å². The van der Waals surface area contributed by atoms with Gasteiger partial charge < -0.3 is 9.47 Å². The summed E-state index contributed by atoms with van der Waals surface area (Å²) in [6, 6.07) is 6.06. The summed E-state index contributed by atoms with van der Waals surface area (Å²) in [6.07, 6.45) is 3.03. The van der Waals surface area contributed by atoms with Crippen molar-refractivity contribution in [3.8, 4) is 11.5 Å². The van der Waals surface area contributed by atoms with Crippen LogP contribution in [0.15, 0.2) is 18.2 Å². The number of hydrogen-bond acceptors (Lipinski definition) is 2. The lowest BCUT2D eigenvalue weighted by Crippen LogP contribution is -2.07. The molecule has 82 valence electrons. The molecule has 1 aromatic rings. The minimum Gasteiger partial charge on any atom is -0.491 e. The second-order valence-corrected chi connectivity index (χ2v) is 4.41. The Morgan fingerprint density at radius 2 is 2.00 bits per heavy atom. The summed E-state index contributed by atoms with van der Waals surface area (Å²) in [4.78, 5) is 0. The quantitative estimate of drug-likeness (QED) is 0.752. The highest BCUT2D eigenvalue weighted by molar-refractivity contribution is 5.40. The molecule has 0 amide bonds. The van der Waals surface area contributed by atoms with Gasteiger partial charge in [-0.05, 0) is 45.2 Å². The Morgan fingerprint density at radius 3 is 2.60 bits per heavy atom. The fourth-order valence-corrected chi connectivity index (χ4v) is 1.41. The zero-order chi connectivity index (χ0) is 10.8. The van der Waals surface area contributed by atoms with E-state index in [4.69, 9.17) is 9.47 Å². The Bertz CT molecular complexity index is 340. The molecule has 0 unspecified atom stereocenters. The molecule has 0 N–H and O–H groups in total. The van der Waals surface area contributed by atoms with Crippen LogP contribution in [0.5, 0.6) is 11.5 Å². The average Bonchev–Trinajstić information content (AvgIpc) is 2.94. The number of rotatable bonds is 4. The van der Waals surface area contributed by atoms with Gasteiger partial charge in [0.25, 0.3) is 0 Å². The number of aryl methyl sites for hydroxylation is 1. The zero-order valence-electron chi connectivity index (χ0n) is 9.62. The molecule has 0 spiro atoms. The van der Waals surface area contributed by atoms with Crippen LogP contribution in [0.25, 0.3) is 0 Å². The van der Waals surface area contributed by atoms with Crippen LogP contribution in [0.3, 0.4) is 0 Å². The highest BCUT2D eigenvalue weighted by Crippen LogP contribution is 2.30. The van der Waals surface area contributed by atoms with Crippen LogP contribution >= 0.6 is 0 Å². The zero-order valence-corrected chi connectivity index (χ0v) is 9.62. The van der Waals surface area contributed by atoms with E-state index in [1.165, 1.54) is 12.8 Å². The van der Waals surface area contributed by atoms with Crippen LogP contribution in [0, 0.1) is 6.92 Å².